The minimum atomic E-state index is -4.64. The Morgan fingerprint density at radius 3 is 1.77 bits per heavy atom. The van der Waals surface area contributed by atoms with Crippen LogP contribution in [0.15, 0.2) is 70.5 Å². The number of hydrogen-bond donors (Lipinski definition) is 6. The second-order valence-corrected chi connectivity index (χ2v) is 12.6. The molecule has 2 aromatic carbocycles. The van der Waals surface area contributed by atoms with Crippen LogP contribution in [0.4, 0.5) is 8.78 Å². The molecule has 0 aliphatic carbocycles. The molecular weight excluding hydrogens is 642 g/mol. The summed E-state index contributed by atoms with van der Waals surface area (Å²) in [7, 11) is -9.28. The zero-order chi connectivity index (χ0) is 32.7. The Morgan fingerprint density at radius 2 is 1.32 bits per heavy atom. The molecule has 0 amide bonds. The van der Waals surface area contributed by atoms with E-state index < -0.39 is 15.6 Å². The normalized spacial score (nSPS) is 14.0. The van der Waals surface area contributed by atoms with E-state index in [1.807, 2.05) is 12.3 Å². The molecule has 1 fully saturated rings. The Kier molecular flexibility index (Phi) is 12.4. The largest absolute Gasteiger partial charge is 0.466 e. The number of phosphoric acid groups is 2. The summed E-state index contributed by atoms with van der Waals surface area (Å²) >= 11 is 1.47. The van der Waals surface area contributed by atoms with Crippen LogP contribution in [-0.2, 0) is 15.6 Å². The van der Waals surface area contributed by atoms with Crippen LogP contribution in [0.3, 0.4) is 0 Å². The molecule has 0 saturated carbocycles. The van der Waals surface area contributed by atoms with Crippen LogP contribution in [-0.4, -0.2) is 63.3 Å². The zero-order valence-electron chi connectivity index (χ0n) is 23.3. The van der Waals surface area contributed by atoms with Crippen LogP contribution >= 0.6 is 27.0 Å². The first-order valence-electron chi connectivity index (χ1n) is 13.0. The molecule has 17 heteroatoms. The lowest BCUT2D eigenvalue weighted by Crippen LogP contribution is -2.34. The lowest BCUT2D eigenvalue weighted by Gasteiger charge is -2.30. The van der Waals surface area contributed by atoms with E-state index in [0.717, 1.165) is 65.4 Å². The van der Waals surface area contributed by atoms with Crippen molar-refractivity contribution in [1.29, 1.82) is 0 Å². The van der Waals surface area contributed by atoms with E-state index in [0.29, 0.717) is 6.42 Å². The Labute approximate surface area is 254 Å². The summed E-state index contributed by atoms with van der Waals surface area (Å²) in [5, 5.41) is 1.88. The van der Waals surface area contributed by atoms with Crippen molar-refractivity contribution in [3.05, 3.63) is 110 Å². The minimum Gasteiger partial charge on any atom is -0.303 e. The molecule has 12 nitrogen and oxygen atoms in total. The molecule has 1 aliphatic rings. The molecule has 1 saturated heterocycles. The van der Waals surface area contributed by atoms with Crippen molar-refractivity contribution in [2.45, 2.75) is 26.2 Å². The fraction of sp³-hybridized carbons (Fsp3) is 0.259. The number of fused-ring (bicyclic) bond motifs is 1. The fourth-order valence-corrected chi connectivity index (χ4v) is 5.43. The van der Waals surface area contributed by atoms with E-state index in [9.17, 15) is 13.6 Å². The third-order valence-electron chi connectivity index (χ3n) is 6.52. The van der Waals surface area contributed by atoms with Gasteiger partial charge in [-0.25, -0.2) is 22.9 Å². The van der Waals surface area contributed by atoms with Crippen molar-refractivity contribution in [2.24, 2.45) is 0 Å². The second-order valence-electron chi connectivity index (χ2n) is 9.65. The molecule has 0 radical (unpaired) electrons. The first kappa shape index (κ1) is 35.5. The smallest absolute Gasteiger partial charge is 0.303 e. The van der Waals surface area contributed by atoms with Gasteiger partial charge in [0.15, 0.2) is 4.96 Å². The fourth-order valence-electron chi connectivity index (χ4n) is 4.68. The maximum atomic E-state index is 13.5. The molecule has 1 aliphatic heterocycles. The van der Waals surface area contributed by atoms with Gasteiger partial charge in [0, 0.05) is 42.5 Å². The lowest BCUT2D eigenvalue weighted by atomic mass is 9.88. The lowest BCUT2D eigenvalue weighted by molar-refractivity contribution is 0.259. The first-order chi connectivity index (χ1) is 20.5. The highest BCUT2D eigenvalue weighted by molar-refractivity contribution is 7.45. The van der Waals surface area contributed by atoms with Crippen molar-refractivity contribution in [3.8, 4) is 0 Å². The standard InChI is InChI=1S/C27H25F2N3OS.2H3O4P/c1-18-24(26(33)32-16-17-34-27(32)30-18)12-15-31-13-10-21(11-14-31)25(19-2-6-22(28)7-3-19)20-4-8-23(29)9-5-20;2*1-5(2,3)4/h2-9,16-17H,10-15H2,1H3;2*(H3,1,2,3,4). The SMILES string of the molecule is Cc1nc2sccn2c(=O)c1CCN1CCC(=C(c2ccc(F)cc2)c2ccc(F)cc2)CC1.O=P(O)(O)O.O=P(O)(O)O. The number of halogens is 2. The number of piperidine rings is 1. The molecule has 0 spiro atoms. The molecule has 44 heavy (non-hydrogen) atoms. The Morgan fingerprint density at radius 1 is 0.864 bits per heavy atom. The first-order valence-corrected chi connectivity index (χ1v) is 17.0. The molecule has 2 aromatic heterocycles. The number of thiazole rings is 1. The molecule has 5 rings (SSSR count). The zero-order valence-corrected chi connectivity index (χ0v) is 25.9. The summed E-state index contributed by atoms with van der Waals surface area (Å²) in [5.74, 6) is -0.549. The molecule has 0 unspecified atom stereocenters. The van der Waals surface area contributed by atoms with E-state index in [1.54, 1.807) is 34.9 Å². The van der Waals surface area contributed by atoms with Crippen LogP contribution in [0.2, 0.25) is 0 Å². The number of aryl methyl sites for hydroxylation is 1. The predicted octanol–water partition coefficient (Wildman–Crippen LogP) is 3.63. The molecule has 6 N–H and O–H groups in total. The van der Waals surface area contributed by atoms with Crippen LogP contribution in [0.25, 0.3) is 10.5 Å². The van der Waals surface area contributed by atoms with Crippen molar-refractivity contribution in [1.82, 2.24) is 14.3 Å². The molecule has 3 heterocycles. The summed E-state index contributed by atoms with van der Waals surface area (Å²) in [5.41, 5.74) is 5.82. The van der Waals surface area contributed by atoms with Gasteiger partial charge in [0.1, 0.15) is 11.6 Å². The molecule has 4 aromatic rings. The summed E-state index contributed by atoms with van der Waals surface area (Å²) in [4.78, 5) is 63.6. The Bertz CT molecular complexity index is 1660. The predicted molar refractivity (Wildman–Crippen MR) is 161 cm³/mol. The van der Waals surface area contributed by atoms with Gasteiger partial charge in [0.25, 0.3) is 5.56 Å². The summed E-state index contributed by atoms with van der Waals surface area (Å²) in [6.07, 6.45) is 4.18. The van der Waals surface area contributed by atoms with Crippen molar-refractivity contribution in [3.63, 3.8) is 0 Å². The Balaban J connectivity index is 0.000000461. The number of aromatic nitrogens is 2. The van der Waals surface area contributed by atoms with Crippen LogP contribution in [0, 0.1) is 18.6 Å². The van der Waals surface area contributed by atoms with Crippen LogP contribution in [0.1, 0.15) is 35.2 Å². The van der Waals surface area contributed by atoms with E-state index in [2.05, 4.69) is 9.88 Å². The Hall–Kier alpha value is -2.94. The average Bonchev–Trinajstić information content (AvgIpc) is 3.38. The summed E-state index contributed by atoms with van der Waals surface area (Å²) in [6.45, 7) is 4.44. The number of benzene rings is 2. The average molecular weight is 674 g/mol. The summed E-state index contributed by atoms with van der Waals surface area (Å²) in [6, 6.07) is 13.0. The quantitative estimate of drug-likeness (QED) is 0.170. The van der Waals surface area contributed by atoms with Crippen LogP contribution in [0.5, 0.6) is 0 Å². The monoisotopic (exact) mass is 673 g/mol. The van der Waals surface area contributed by atoms with Gasteiger partial charge in [-0.3, -0.25) is 9.20 Å². The van der Waals surface area contributed by atoms with Crippen molar-refractivity contribution in [2.75, 3.05) is 19.6 Å². The van der Waals surface area contributed by atoms with E-state index >= 15 is 0 Å². The minimum absolute atomic E-state index is 0.0243. The van der Waals surface area contributed by atoms with Crippen LogP contribution < -0.4 is 5.56 Å². The van der Waals surface area contributed by atoms with Gasteiger partial charge in [0.05, 0.1) is 0 Å². The van der Waals surface area contributed by atoms with Gasteiger partial charge in [-0.1, -0.05) is 29.8 Å². The van der Waals surface area contributed by atoms with E-state index in [1.165, 1.54) is 41.2 Å². The maximum Gasteiger partial charge on any atom is 0.466 e. The summed E-state index contributed by atoms with van der Waals surface area (Å²) < 4.78 is 46.5. The molecule has 0 atom stereocenters. The third-order valence-corrected chi connectivity index (χ3v) is 7.28. The number of nitrogens with zero attached hydrogens (tertiary/aromatic N) is 3. The van der Waals surface area contributed by atoms with Gasteiger partial charge in [-0.15, -0.1) is 11.3 Å². The highest BCUT2D eigenvalue weighted by Crippen LogP contribution is 2.33. The number of rotatable bonds is 5. The molecule has 238 valence electrons. The van der Waals surface area contributed by atoms with Gasteiger partial charge in [-0.2, -0.15) is 0 Å². The van der Waals surface area contributed by atoms with Crippen molar-refractivity contribution >= 4 is 37.5 Å². The van der Waals surface area contributed by atoms with Crippen molar-refractivity contribution < 1.29 is 47.3 Å². The third kappa shape index (κ3) is 11.5. The van der Waals surface area contributed by atoms with Gasteiger partial charge in [-0.05, 0) is 67.2 Å². The van der Waals surface area contributed by atoms with Gasteiger partial charge < -0.3 is 34.3 Å². The number of hydrogen-bond acceptors (Lipinski definition) is 6. The second kappa shape index (κ2) is 15.4. The van der Waals surface area contributed by atoms with E-state index in [4.69, 9.17) is 38.5 Å². The van der Waals surface area contributed by atoms with E-state index in [-0.39, 0.29) is 17.2 Å². The van der Waals surface area contributed by atoms with Gasteiger partial charge in [0.2, 0.25) is 0 Å². The molecular formula is C27H31F2N3O9P2S. The highest BCUT2D eigenvalue weighted by atomic mass is 32.1. The van der Waals surface area contributed by atoms with Gasteiger partial charge >= 0.3 is 15.6 Å². The highest BCUT2D eigenvalue weighted by Gasteiger charge is 2.20. The number of likely N-dealkylation sites (tertiary alicyclic amines) is 1. The topological polar surface area (TPSA) is 193 Å². The maximum absolute atomic E-state index is 13.5. The molecule has 0 bridgehead atoms.